The van der Waals surface area contributed by atoms with Crippen LogP contribution in [0, 0.1) is 5.92 Å². The molecule has 4 heteroatoms. The second-order valence-corrected chi connectivity index (χ2v) is 4.71. The van der Waals surface area contributed by atoms with E-state index in [1.807, 2.05) is 0 Å². The lowest BCUT2D eigenvalue weighted by atomic mass is 10.0. The van der Waals surface area contributed by atoms with E-state index >= 15 is 0 Å². The van der Waals surface area contributed by atoms with Crippen molar-refractivity contribution >= 4 is 17.5 Å². The van der Waals surface area contributed by atoms with Crippen LogP contribution in [0.25, 0.3) is 0 Å². The number of nitrogens with two attached hydrogens (primary N) is 1. The van der Waals surface area contributed by atoms with Gasteiger partial charge in [-0.1, -0.05) is 26.7 Å². The predicted molar refractivity (Wildman–Crippen MR) is 70.3 cm³/mol. The number of imide groups is 1. The molecule has 0 unspecified atom stereocenters. The van der Waals surface area contributed by atoms with Gasteiger partial charge in [0.2, 0.25) is 0 Å². The molecule has 2 rings (SSSR count). The summed E-state index contributed by atoms with van der Waals surface area (Å²) < 4.78 is 0. The highest BCUT2D eigenvalue weighted by Gasteiger charge is 2.36. The molecule has 2 amide bonds. The lowest BCUT2D eigenvalue weighted by Crippen LogP contribution is -2.34. The number of carbonyl (C=O) groups is 2. The van der Waals surface area contributed by atoms with Crippen LogP contribution in [0.15, 0.2) is 18.2 Å². The predicted octanol–water partition coefficient (Wildman–Crippen LogP) is 2.30. The molecule has 0 aliphatic carbocycles. The third-order valence-electron chi connectivity index (χ3n) is 3.59. The molecular weight excluding hydrogens is 228 g/mol. The summed E-state index contributed by atoms with van der Waals surface area (Å²) in [6.45, 7) is 4.65. The van der Waals surface area contributed by atoms with Crippen molar-refractivity contribution in [3.05, 3.63) is 29.3 Å². The van der Waals surface area contributed by atoms with Crippen molar-refractivity contribution in [2.75, 3.05) is 12.3 Å². The molecule has 0 saturated carbocycles. The Kier molecular flexibility index (Phi) is 3.36. The summed E-state index contributed by atoms with van der Waals surface area (Å²) in [7, 11) is 0. The molecule has 0 aromatic heterocycles. The summed E-state index contributed by atoms with van der Waals surface area (Å²) in [6, 6.07) is 4.88. The number of nitrogen functional groups attached to an aromatic ring is 1. The van der Waals surface area contributed by atoms with E-state index in [1.54, 1.807) is 18.2 Å². The minimum atomic E-state index is -0.214. The zero-order valence-electron chi connectivity index (χ0n) is 10.8. The third kappa shape index (κ3) is 1.98. The zero-order valence-corrected chi connectivity index (χ0v) is 10.8. The average molecular weight is 246 g/mol. The molecule has 4 nitrogen and oxygen atoms in total. The third-order valence-corrected chi connectivity index (χ3v) is 3.59. The van der Waals surface area contributed by atoms with Gasteiger partial charge in [0.25, 0.3) is 11.8 Å². The first-order valence-corrected chi connectivity index (χ1v) is 6.34. The van der Waals surface area contributed by atoms with Crippen molar-refractivity contribution in [1.82, 2.24) is 4.90 Å². The molecule has 1 aromatic carbocycles. The second kappa shape index (κ2) is 4.80. The van der Waals surface area contributed by atoms with Crippen LogP contribution in [0.1, 0.15) is 47.4 Å². The topological polar surface area (TPSA) is 63.4 Å². The molecule has 0 spiro atoms. The van der Waals surface area contributed by atoms with Crippen molar-refractivity contribution in [3.63, 3.8) is 0 Å². The normalized spacial score (nSPS) is 14.5. The van der Waals surface area contributed by atoms with Crippen LogP contribution in [0.4, 0.5) is 5.69 Å². The number of carbonyl (C=O) groups excluding carboxylic acids is 2. The van der Waals surface area contributed by atoms with Crippen LogP contribution in [-0.4, -0.2) is 23.3 Å². The van der Waals surface area contributed by atoms with Gasteiger partial charge in [-0.3, -0.25) is 14.5 Å². The molecule has 18 heavy (non-hydrogen) atoms. The van der Waals surface area contributed by atoms with Gasteiger partial charge >= 0.3 is 0 Å². The van der Waals surface area contributed by atoms with E-state index in [9.17, 15) is 9.59 Å². The van der Waals surface area contributed by atoms with E-state index in [-0.39, 0.29) is 11.8 Å². The largest absolute Gasteiger partial charge is 0.399 e. The van der Waals surface area contributed by atoms with E-state index < -0.39 is 0 Å². The van der Waals surface area contributed by atoms with Crippen LogP contribution < -0.4 is 5.73 Å². The number of rotatable bonds is 4. The van der Waals surface area contributed by atoms with Gasteiger partial charge in [-0.25, -0.2) is 0 Å². The van der Waals surface area contributed by atoms with Gasteiger partial charge in [0.1, 0.15) is 0 Å². The van der Waals surface area contributed by atoms with E-state index in [0.717, 1.165) is 12.8 Å². The standard InChI is InChI=1S/C14H18N2O2/c1-3-9(4-2)8-16-13(17)11-6-5-10(15)7-12(11)14(16)18/h5-7,9H,3-4,8,15H2,1-2H3. The highest BCUT2D eigenvalue weighted by atomic mass is 16.2. The Balaban J connectivity index is 2.28. The molecule has 0 atom stereocenters. The Morgan fingerprint density at radius 1 is 1.11 bits per heavy atom. The number of nitrogens with zero attached hydrogens (tertiary/aromatic N) is 1. The first-order valence-electron chi connectivity index (χ1n) is 6.34. The van der Waals surface area contributed by atoms with Crippen LogP contribution in [0.2, 0.25) is 0 Å². The summed E-state index contributed by atoms with van der Waals surface area (Å²) in [5.41, 5.74) is 7.08. The number of amides is 2. The van der Waals surface area contributed by atoms with Crippen LogP contribution >= 0.6 is 0 Å². The molecule has 0 saturated heterocycles. The Hall–Kier alpha value is -1.84. The van der Waals surface area contributed by atoms with E-state index in [1.165, 1.54) is 4.90 Å². The molecule has 96 valence electrons. The Bertz CT molecular complexity index is 493. The summed E-state index contributed by atoms with van der Waals surface area (Å²) in [4.78, 5) is 25.7. The average Bonchev–Trinajstić information content (AvgIpc) is 2.60. The van der Waals surface area contributed by atoms with Crippen molar-refractivity contribution in [1.29, 1.82) is 0 Å². The quantitative estimate of drug-likeness (QED) is 0.655. The number of anilines is 1. The van der Waals surface area contributed by atoms with Gasteiger partial charge < -0.3 is 5.73 Å². The number of hydrogen-bond acceptors (Lipinski definition) is 3. The monoisotopic (exact) mass is 246 g/mol. The first-order chi connectivity index (χ1) is 8.58. The van der Waals surface area contributed by atoms with Gasteiger partial charge in [-0.15, -0.1) is 0 Å². The summed E-state index contributed by atoms with van der Waals surface area (Å²) in [5, 5.41) is 0. The fourth-order valence-corrected chi connectivity index (χ4v) is 2.28. The Labute approximate surface area is 107 Å². The molecule has 2 N–H and O–H groups in total. The molecule has 1 aliphatic rings. The van der Waals surface area contributed by atoms with Crippen molar-refractivity contribution in [2.45, 2.75) is 26.7 Å². The summed E-state index contributed by atoms with van der Waals surface area (Å²) in [5.74, 6) is -0.0411. The minimum absolute atomic E-state index is 0.193. The van der Waals surface area contributed by atoms with Crippen LogP contribution in [0.3, 0.4) is 0 Å². The second-order valence-electron chi connectivity index (χ2n) is 4.71. The van der Waals surface area contributed by atoms with Gasteiger partial charge in [0.05, 0.1) is 11.1 Å². The van der Waals surface area contributed by atoms with Crippen molar-refractivity contribution in [2.24, 2.45) is 5.92 Å². The van der Waals surface area contributed by atoms with Crippen molar-refractivity contribution in [3.8, 4) is 0 Å². The van der Waals surface area contributed by atoms with Crippen molar-refractivity contribution < 1.29 is 9.59 Å². The van der Waals surface area contributed by atoms with E-state index in [2.05, 4.69) is 13.8 Å². The van der Waals surface area contributed by atoms with Crippen LogP contribution in [0.5, 0.6) is 0 Å². The van der Waals surface area contributed by atoms with Gasteiger partial charge in [-0.05, 0) is 24.1 Å². The molecule has 0 bridgehead atoms. The fourth-order valence-electron chi connectivity index (χ4n) is 2.28. The lowest BCUT2D eigenvalue weighted by Gasteiger charge is -2.19. The lowest BCUT2D eigenvalue weighted by molar-refractivity contribution is 0.0626. The molecule has 1 aromatic rings. The fraction of sp³-hybridized carbons (Fsp3) is 0.429. The SMILES string of the molecule is CCC(CC)CN1C(=O)c2ccc(N)cc2C1=O. The number of fused-ring (bicyclic) bond motifs is 1. The van der Waals surface area contributed by atoms with Gasteiger partial charge in [-0.2, -0.15) is 0 Å². The van der Waals surface area contributed by atoms with Gasteiger partial charge in [0.15, 0.2) is 0 Å². The molecule has 1 heterocycles. The highest BCUT2D eigenvalue weighted by molar-refractivity contribution is 6.21. The summed E-state index contributed by atoms with van der Waals surface area (Å²) >= 11 is 0. The van der Waals surface area contributed by atoms with E-state index in [4.69, 9.17) is 5.73 Å². The maximum Gasteiger partial charge on any atom is 0.261 e. The minimum Gasteiger partial charge on any atom is -0.399 e. The summed E-state index contributed by atoms with van der Waals surface area (Å²) in [6.07, 6.45) is 1.93. The van der Waals surface area contributed by atoms with Gasteiger partial charge in [0, 0.05) is 12.2 Å². The highest BCUT2D eigenvalue weighted by Crippen LogP contribution is 2.26. The molecule has 1 aliphatic heterocycles. The zero-order chi connectivity index (χ0) is 13.3. The van der Waals surface area contributed by atoms with E-state index in [0.29, 0.717) is 29.3 Å². The molecule has 0 radical (unpaired) electrons. The maximum absolute atomic E-state index is 12.2. The first kappa shape index (κ1) is 12.6. The maximum atomic E-state index is 12.2. The van der Waals surface area contributed by atoms with Crippen LogP contribution in [-0.2, 0) is 0 Å². The Morgan fingerprint density at radius 3 is 2.33 bits per heavy atom. The molecular formula is C14H18N2O2. The number of benzene rings is 1. The number of hydrogen-bond donors (Lipinski definition) is 1. The smallest absolute Gasteiger partial charge is 0.261 e. The molecule has 0 fully saturated rings. The Morgan fingerprint density at radius 2 is 1.72 bits per heavy atom.